The van der Waals surface area contributed by atoms with Gasteiger partial charge in [-0.2, -0.15) is 0 Å². The van der Waals surface area contributed by atoms with E-state index in [4.69, 9.17) is 4.74 Å². The molecule has 0 saturated carbocycles. The molecule has 3 heteroatoms. The second kappa shape index (κ2) is 7.53. The van der Waals surface area contributed by atoms with Gasteiger partial charge >= 0.3 is 0 Å². The van der Waals surface area contributed by atoms with Gasteiger partial charge in [0, 0.05) is 12.6 Å². The van der Waals surface area contributed by atoms with E-state index in [-0.39, 0.29) is 5.75 Å². The van der Waals surface area contributed by atoms with Gasteiger partial charge in [-0.05, 0) is 50.4 Å². The molecule has 1 aliphatic rings. The number of phenols is 1. The van der Waals surface area contributed by atoms with E-state index in [1.807, 2.05) is 19.1 Å². The van der Waals surface area contributed by atoms with Crippen molar-refractivity contribution in [2.75, 3.05) is 13.2 Å². The molecule has 0 spiro atoms. The number of rotatable bonds is 6. The van der Waals surface area contributed by atoms with Gasteiger partial charge < -0.3 is 9.84 Å². The lowest BCUT2D eigenvalue weighted by Crippen LogP contribution is -2.38. The number of hydrogen-bond donors (Lipinski definition) is 1. The van der Waals surface area contributed by atoms with Gasteiger partial charge in [-0.15, -0.1) is 0 Å². The highest BCUT2D eigenvalue weighted by Gasteiger charge is 2.21. The molecule has 112 valence electrons. The fourth-order valence-electron chi connectivity index (χ4n) is 3.09. The number of benzene rings is 1. The van der Waals surface area contributed by atoms with Crippen LogP contribution in [0.4, 0.5) is 0 Å². The molecular formula is C17H27NO2. The van der Waals surface area contributed by atoms with E-state index in [1.54, 1.807) is 6.07 Å². The second-order valence-corrected chi connectivity index (χ2v) is 5.64. The van der Waals surface area contributed by atoms with Crippen molar-refractivity contribution in [3.8, 4) is 11.5 Å². The molecule has 0 aromatic heterocycles. The molecule has 1 aromatic carbocycles. The van der Waals surface area contributed by atoms with E-state index in [2.05, 4.69) is 11.8 Å². The Labute approximate surface area is 122 Å². The van der Waals surface area contributed by atoms with Crippen LogP contribution in [-0.4, -0.2) is 29.2 Å². The van der Waals surface area contributed by atoms with Gasteiger partial charge in [0.1, 0.15) is 0 Å². The fraction of sp³-hybridized carbons (Fsp3) is 0.647. The largest absolute Gasteiger partial charge is 0.504 e. The maximum absolute atomic E-state index is 9.77. The lowest BCUT2D eigenvalue weighted by molar-refractivity contribution is 0.131. The Morgan fingerprint density at radius 1 is 1.30 bits per heavy atom. The van der Waals surface area contributed by atoms with Gasteiger partial charge in [0.15, 0.2) is 11.5 Å². The molecule has 1 aromatic rings. The fourth-order valence-corrected chi connectivity index (χ4v) is 3.09. The van der Waals surface area contributed by atoms with Crippen molar-refractivity contribution in [2.45, 2.75) is 58.5 Å². The van der Waals surface area contributed by atoms with Crippen molar-refractivity contribution in [2.24, 2.45) is 0 Å². The summed E-state index contributed by atoms with van der Waals surface area (Å²) >= 11 is 0. The van der Waals surface area contributed by atoms with E-state index >= 15 is 0 Å². The molecule has 20 heavy (non-hydrogen) atoms. The Hall–Kier alpha value is -1.22. The van der Waals surface area contributed by atoms with Crippen LogP contribution in [0.3, 0.4) is 0 Å². The van der Waals surface area contributed by atoms with Crippen LogP contribution in [0.2, 0.25) is 0 Å². The average Bonchev–Trinajstić information content (AvgIpc) is 2.45. The van der Waals surface area contributed by atoms with E-state index in [0.29, 0.717) is 12.4 Å². The van der Waals surface area contributed by atoms with Crippen molar-refractivity contribution >= 4 is 0 Å². The minimum atomic E-state index is 0.236. The Morgan fingerprint density at radius 2 is 2.15 bits per heavy atom. The zero-order chi connectivity index (χ0) is 14.4. The summed E-state index contributed by atoms with van der Waals surface area (Å²) in [5, 5.41) is 9.77. The van der Waals surface area contributed by atoms with Crippen molar-refractivity contribution < 1.29 is 9.84 Å². The van der Waals surface area contributed by atoms with Gasteiger partial charge in [0.05, 0.1) is 6.61 Å². The van der Waals surface area contributed by atoms with Crippen LogP contribution in [0.5, 0.6) is 11.5 Å². The van der Waals surface area contributed by atoms with Crippen LogP contribution >= 0.6 is 0 Å². The van der Waals surface area contributed by atoms with Crippen molar-refractivity contribution in [1.29, 1.82) is 0 Å². The third-order valence-electron chi connectivity index (χ3n) is 4.08. The molecule has 1 atom stereocenters. The van der Waals surface area contributed by atoms with E-state index < -0.39 is 0 Å². The minimum absolute atomic E-state index is 0.236. The zero-order valence-corrected chi connectivity index (χ0v) is 12.8. The summed E-state index contributed by atoms with van der Waals surface area (Å²) in [6.07, 6.45) is 6.53. The number of ether oxygens (including phenoxy) is 1. The number of nitrogens with zero attached hydrogens (tertiary/aromatic N) is 1. The summed E-state index contributed by atoms with van der Waals surface area (Å²) in [7, 11) is 0. The van der Waals surface area contributed by atoms with E-state index in [9.17, 15) is 5.11 Å². The number of likely N-dealkylation sites (tertiary alicyclic amines) is 1. The summed E-state index contributed by atoms with van der Waals surface area (Å²) < 4.78 is 5.47. The van der Waals surface area contributed by atoms with Crippen LogP contribution in [0.1, 0.15) is 51.5 Å². The van der Waals surface area contributed by atoms with E-state index in [1.165, 1.54) is 44.2 Å². The summed E-state index contributed by atoms with van der Waals surface area (Å²) in [5.41, 5.74) is 1.23. The Morgan fingerprint density at radius 3 is 2.90 bits per heavy atom. The van der Waals surface area contributed by atoms with Crippen LogP contribution in [-0.2, 0) is 6.54 Å². The van der Waals surface area contributed by atoms with E-state index in [0.717, 1.165) is 12.6 Å². The SMILES string of the molecule is CCCC1CCCCN1Cc1ccc(O)c(OCC)c1. The zero-order valence-electron chi connectivity index (χ0n) is 12.8. The normalized spacial score (nSPS) is 20.0. The molecule has 1 saturated heterocycles. The van der Waals surface area contributed by atoms with Gasteiger partial charge in [0.25, 0.3) is 0 Å². The first-order chi connectivity index (χ1) is 9.74. The number of aromatic hydroxyl groups is 1. The molecule has 0 amide bonds. The van der Waals surface area contributed by atoms with Gasteiger partial charge in [-0.3, -0.25) is 4.90 Å². The predicted octanol–water partition coefficient (Wildman–Crippen LogP) is 3.95. The third kappa shape index (κ3) is 3.89. The lowest BCUT2D eigenvalue weighted by atomic mass is 9.97. The standard InChI is InChI=1S/C17H27NO2/c1-3-7-15-8-5-6-11-18(15)13-14-9-10-16(19)17(12-14)20-4-2/h9-10,12,15,19H,3-8,11,13H2,1-2H3. The molecule has 1 N–H and O–H groups in total. The van der Waals surface area contributed by atoms with Crippen LogP contribution in [0.15, 0.2) is 18.2 Å². The van der Waals surface area contributed by atoms with Gasteiger partial charge in [-0.25, -0.2) is 0 Å². The minimum Gasteiger partial charge on any atom is -0.504 e. The summed E-state index contributed by atoms with van der Waals surface area (Å²) in [5.74, 6) is 0.841. The van der Waals surface area contributed by atoms with Crippen LogP contribution < -0.4 is 4.74 Å². The molecule has 3 nitrogen and oxygen atoms in total. The third-order valence-corrected chi connectivity index (χ3v) is 4.08. The molecule has 0 bridgehead atoms. The van der Waals surface area contributed by atoms with Crippen LogP contribution in [0.25, 0.3) is 0 Å². The molecule has 0 aliphatic carbocycles. The number of phenolic OH excluding ortho intramolecular Hbond substituents is 1. The molecule has 0 radical (unpaired) electrons. The molecular weight excluding hydrogens is 250 g/mol. The monoisotopic (exact) mass is 277 g/mol. The highest BCUT2D eigenvalue weighted by molar-refractivity contribution is 5.41. The number of hydrogen-bond acceptors (Lipinski definition) is 3. The van der Waals surface area contributed by atoms with Crippen molar-refractivity contribution in [3.05, 3.63) is 23.8 Å². The highest BCUT2D eigenvalue weighted by Crippen LogP contribution is 2.29. The quantitative estimate of drug-likeness (QED) is 0.854. The first-order valence-corrected chi connectivity index (χ1v) is 7.93. The maximum atomic E-state index is 9.77. The first-order valence-electron chi connectivity index (χ1n) is 7.93. The Bertz CT molecular complexity index is 417. The molecule has 1 unspecified atom stereocenters. The summed E-state index contributed by atoms with van der Waals surface area (Å²) in [4.78, 5) is 2.59. The molecule has 1 aliphatic heterocycles. The topological polar surface area (TPSA) is 32.7 Å². The maximum Gasteiger partial charge on any atom is 0.161 e. The Balaban J connectivity index is 2.05. The van der Waals surface area contributed by atoms with Crippen LogP contribution in [0, 0.1) is 0 Å². The summed E-state index contributed by atoms with van der Waals surface area (Å²) in [6.45, 7) is 6.94. The average molecular weight is 277 g/mol. The first kappa shape index (κ1) is 15.2. The number of piperidine rings is 1. The summed E-state index contributed by atoms with van der Waals surface area (Å²) in [6, 6.07) is 6.46. The van der Waals surface area contributed by atoms with Gasteiger partial charge in [0.2, 0.25) is 0 Å². The molecule has 1 fully saturated rings. The van der Waals surface area contributed by atoms with Gasteiger partial charge in [-0.1, -0.05) is 25.8 Å². The predicted molar refractivity (Wildman–Crippen MR) is 82.2 cm³/mol. The smallest absolute Gasteiger partial charge is 0.161 e. The van der Waals surface area contributed by atoms with Crippen molar-refractivity contribution in [1.82, 2.24) is 4.90 Å². The highest BCUT2D eigenvalue weighted by atomic mass is 16.5. The van der Waals surface area contributed by atoms with Crippen molar-refractivity contribution in [3.63, 3.8) is 0 Å². The Kier molecular flexibility index (Phi) is 5.72. The lowest BCUT2D eigenvalue weighted by Gasteiger charge is -2.35. The second-order valence-electron chi connectivity index (χ2n) is 5.64. The molecule has 2 rings (SSSR count). The molecule has 1 heterocycles.